The zero-order chi connectivity index (χ0) is 22.1. The van der Waals surface area contributed by atoms with E-state index in [1.165, 1.54) is 0 Å². The molecule has 0 aliphatic carbocycles. The Labute approximate surface area is 184 Å². The van der Waals surface area contributed by atoms with Gasteiger partial charge in [0.1, 0.15) is 6.61 Å². The van der Waals surface area contributed by atoms with Crippen molar-refractivity contribution in [3.05, 3.63) is 54.1 Å². The lowest BCUT2D eigenvalue weighted by atomic mass is 10.1. The molecule has 2 aromatic carbocycles. The summed E-state index contributed by atoms with van der Waals surface area (Å²) in [5, 5.41) is 2.83. The standard InChI is InChI=1S/C23H30N2O5S/c1-29-21-7-3-4-8-22(21)30-18-15-24-23(26)14-11-19-9-12-20(13-10-19)31(27,28)25-16-5-2-6-17-25/h3-4,7-10,12-13H,2,5-6,11,14-18H2,1H3,(H,24,26). The maximum absolute atomic E-state index is 12.7. The first-order chi connectivity index (χ1) is 15.0. The summed E-state index contributed by atoms with van der Waals surface area (Å²) in [6.07, 6.45) is 3.78. The van der Waals surface area contributed by atoms with Crippen LogP contribution in [0.1, 0.15) is 31.2 Å². The van der Waals surface area contributed by atoms with E-state index in [-0.39, 0.29) is 5.91 Å². The molecule has 0 atom stereocenters. The van der Waals surface area contributed by atoms with E-state index in [0.29, 0.717) is 55.5 Å². The van der Waals surface area contributed by atoms with E-state index in [1.807, 2.05) is 24.3 Å². The van der Waals surface area contributed by atoms with E-state index in [0.717, 1.165) is 24.8 Å². The van der Waals surface area contributed by atoms with E-state index in [1.54, 1.807) is 35.7 Å². The zero-order valence-corrected chi connectivity index (χ0v) is 18.7. The van der Waals surface area contributed by atoms with Crippen molar-refractivity contribution in [3.8, 4) is 11.5 Å². The number of benzene rings is 2. The van der Waals surface area contributed by atoms with Gasteiger partial charge in [0.15, 0.2) is 11.5 Å². The Morgan fingerprint density at radius 1 is 1.00 bits per heavy atom. The highest BCUT2D eigenvalue weighted by molar-refractivity contribution is 7.89. The molecule has 1 aliphatic rings. The van der Waals surface area contributed by atoms with Crippen molar-refractivity contribution in [3.63, 3.8) is 0 Å². The Bertz CT molecular complexity index is 954. The van der Waals surface area contributed by atoms with Gasteiger partial charge in [-0.1, -0.05) is 30.7 Å². The molecule has 1 saturated heterocycles. The summed E-state index contributed by atoms with van der Waals surface area (Å²) < 4.78 is 37.8. The third kappa shape index (κ3) is 6.45. The number of piperidine rings is 1. The number of carbonyl (C=O) groups is 1. The van der Waals surface area contributed by atoms with Gasteiger partial charge in [0.05, 0.1) is 18.6 Å². The van der Waals surface area contributed by atoms with Gasteiger partial charge >= 0.3 is 0 Å². The molecule has 31 heavy (non-hydrogen) atoms. The second-order valence-electron chi connectivity index (χ2n) is 7.46. The molecule has 0 spiro atoms. The molecule has 168 valence electrons. The molecule has 1 amide bonds. The number of aryl methyl sites for hydroxylation is 1. The van der Waals surface area contributed by atoms with Gasteiger partial charge in [-0.25, -0.2) is 8.42 Å². The lowest BCUT2D eigenvalue weighted by molar-refractivity contribution is -0.121. The van der Waals surface area contributed by atoms with E-state index < -0.39 is 10.0 Å². The van der Waals surface area contributed by atoms with Crippen molar-refractivity contribution < 1.29 is 22.7 Å². The first-order valence-corrected chi connectivity index (χ1v) is 12.1. The maximum Gasteiger partial charge on any atom is 0.243 e. The lowest BCUT2D eigenvalue weighted by Crippen LogP contribution is -2.35. The minimum absolute atomic E-state index is 0.0753. The second-order valence-corrected chi connectivity index (χ2v) is 9.40. The number of para-hydroxylation sites is 2. The van der Waals surface area contributed by atoms with Crippen LogP contribution in [0.3, 0.4) is 0 Å². The van der Waals surface area contributed by atoms with Gasteiger partial charge in [0.2, 0.25) is 15.9 Å². The normalized spacial score (nSPS) is 14.7. The molecule has 0 radical (unpaired) electrons. The van der Waals surface area contributed by atoms with Crippen molar-refractivity contribution in [2.75, 3.05) is 33.4 Å². The highest BCUT2D eigenvalue weighted by atomic mass is 32.2. The number of ether oxygens (including phenoxy) is 2. The molecule has 1 fully saturated rings. The van der Waals surface area contributed by atoms with Crippen LogP contribution in [-0.2, 0) is 21.2 Å². The molecule has 1 aliphatic heterocycles. The van der Waals surface area contributed by atoms with Crippen LogP contribution in [0, 0.1) is 0 Å². The number of nitrogens with one attached hydrogen (secondary N) is 1. The summed E-state index contributed by atoms with van der Waals surface area (Å²) in [6.45, 7) is 1.91. The van der Waals surface area contributed by atoms with Crippen molar-refractivity contribution in [2.45, 2.75) is 37.0 Å². The Balaban J connectivity index is 1.41. The number of hydrogen-bond donors (Lipinski definition) is 1. The minimum Gasteiger partial charge on any atom is -0.493 e. The smallest absolute Gasteiger partial charge is 0.243 e. The van der Waals surface area contributed by atoms with Gasteiger partial charge in [-0.05, 0) is 49.1 Å². The number of amides is 1. The van der Waals surface area contributed by atoms with E-state index in [4.69, 9.17) is 9.47 Å². The molecule has 0 unspecified atom stereocenters. The number of hydrogen-bond acceptors (Lipinski definition) is 5. The molecule has 1 heterocycles. The van der Waals surface area contributed by atoms with Gasteiger partial charge in [0, 0.05) is 19.5 Å². The van der Waals surface area contributed by atoms with E-state index >= 15 is 0 Å². The molecular formula is C23H30N2O5S. The largest absolute Gasteiger partial charge is 0.493 e. The van der Waals surface area contributed by atoms with Gasteiger partial charge in [0.25, 0.3) is 0 Å². The fourth-order valence-electron chi connectivity index (χ4n) is 3.52. The Morgan fingerprint density at radius 3 is 2.35 bits per heavy atom. The Kier molecular flexibility index (Phi) is 8.31. The Morgan fingerprint density at radius 2 is 1.68 bits per heavy atom. The molecule has 7 nitrogen and oxygen atoms in total. The van der Waals surface area contributed by atoms with Crippen LogP contribution in [0.2, 0.25) is 0 Å². The van der Waals surface area contributed by atoms with Crippen LogP contribution in [0.4, 0.5) is 0 Å². The first kappa shape index (κ1) is 23.1. The van der Waals surface area contributed by atoms with Gasteiger partial charge in [-0.2, -0.15) is 4.31 Å². The summed E-state index contributed by atoms with van der Waals surface area (Å²) in [7, 11) is -1.84. The summed E-state index contributed by atoms with van der Waals surface area (Å²) in [5.41, 5.74) is 0.929. The SMILES string of the molecule is COc1ccccc1OCCNC(=O)CCc1ccc(S(=O)(=O)N2CCCCC2)cc1. The molecule has 2 aromatic rings. The molecule has 0 aromatic heterocycles. The maximum atomic E-state index is 12.7. The average molecular weight is 447 g/mol. The first-order valence-electron chi connectivity index (χ1n) is 10.6. The van der Waals surface area contributed by atoms with Gasteiger partial charge in [-0.3, -0.25) is 4.79 Å². The van der Waals surface area contributed by atoms with E-state index in [9.17, 15) is 13.2 Å². The van der Waals surface area contributed by atoms with Crippen molar-refractivity contribution in [1.82, 2.24) is 9.62 Å². The molecule has 0 saturated carbocycles. The van der Waals surface area contributed by atoms with Crippen molar-refractivity contribution >= 4 is 15.9 Å². The van der Waals surface area contributed by atoms with Crippen molar-refractivity contribution in [1.29, 1.82) is 0 Å². The third-order valence-corrected chi connectivity index (χ3v) is 7.18. The van der Waals surface area contributed by atoms with Crippen LogP contribution in [-0.4, -0.2) is 52.0 Å². The predicted molar refractivity (Wildman–Crippen MR) is 119 cm³/mol. The topological polar surface area (TPSA) is 84.9 Å². The number of sulfonamides is 1. The monoisotopic (exact) mass is 446 g/mol. The summed E-state index contributed by atoms with van der Waals surface area (Å²) in [5.74, 6) is 1.21. The highest BCUT2D eigenvalue weighted by Crippen LogP contribution is 2.25. The number of nitrogens with zero attached hydrogens (tertiary/aromatic N) is 1. The van der Waals surface area contributed by atoms with Crippen LogP contribution >= 0.6 is 0 Å². The van der Waals surface area contributed by atoms with Crippen LogP contribution in [0.15, 0.2) is 53.4 Å². The highest BCUT2D eigenvalue weighted by Gasteiger charge is 2.25. The molecule has 0 bridgehead atoms. The summed E-state index contributed by atoms with van der Waals surface area (Å²) in [6, 6.07) is 14.2. The fourth-order valence-corrected chi connectivity index (χ4v) is 5.04. The van der Waals surface area contributed by atoms with Crippen LogP contribution in [0.5, 0.6) is 11.5 Å². The quantitative estimate of drug-likeness (QED) is 0.567. The number of carbonyl (C=O) groups excluding carboxylic acids is 1. The van der Waals surface area contributed by atoms with Crippen LogP contribution < -0.4 is 14.8 Å². The fraction of sp³-hybridized carbons (Fsp3) is 0.435. The molecule has 3 rings (SSSR count). The average Bonchev–Trinajstić information content (AvgIpc) is 2.81. The summed E-state index contributed by atoms with van der Waals surface area (Å²) in [4.78, 5) is 12.4. The van der Waals surface area contributed by atoms with Gasteiger partial charge in [-0.15, -0.1) is 0 Å². The predicted octanol–water partition coefficient (Wildman–Crippen LogP) is 3.00. The zero-order valence-electron chi connectivity index (χ0n) is 17.9. The van der Waals surface area contributed by atoms with Crippen LogP contribution in [0.25, 0.3) is 0 Å². The molecular weight excluding hydrogens is 416 g/mol. The lowest BCUT2D eigenvalue weighted by Gasteiger charge is -2.25. The Hall–Kier alpha value is -2.58. The third-order valence-electron chi connectivity index (χ3n) is 5.27. The number of methoxy groups -OCH3 is 1. The molecule has 1 N–H and O–H groups in total. The second kappa shape index (κ2) is 11.2. The number of rotatable bonds is 10. The minimum atomic E-state index is -3.42. The molecule has 8 heteroatoms. The van der Waals surface area contributed by atoms with E-state index in [2.05, 4.69) is 5.32 Å². The van der Waals surface area contributed by atoms with Crippen molar-refractivity contribution in [2.24, 2.45) is 0 Å². The van der Waals surface area contributed by atoms with Gasteiger partial charge < -0.3 is 14.8 Å². The summed E-state index contributed by atoms with van der Waals surface area (Å²) >= 11 is 0.